The van der Waals surface area contributed by atoms with Gasteiger partial charge in [-0.25, -0.2) is 0 Å². The van der Waals surface area contributed by atoms with Gasteiger partial charge in [-0.3, -0.25) is 10.3 Å². The minimum atomic E-state index is 0.151. The number of nitrogens with zero attached hydrogens (tertiary/aromatic N) is 2. The van der Waals surface area contributed by atoms with Gasteiger partial charge in [0.05, 0.1) is 0 Å². The second kappa shape index (κ2) is 6.62. The molecular formula is C18H22N4. The van der Waals surface area contributed by atoms with Gasteiger partial charge < -0.3 is 10.6 Å². The van der Waals surface area contributed by atoms with Crippen LogP contribution < -0.4 is 10.6 Å². The summed E-state index contributed by atoms with van der Waals surface area (Å²) in [5, 5.41) is 7.69. The van der Waals surface area contributed by atoms with Crippen LogP contribution in [0.4, 0.5) is 5.69 Å². The number of nitrogen functional groups attached to an aromatic ring is 1. The van der Waals surface area contributed by atoms with Crippen LogP contribution in [-0.4, -0.2) is 36.9 Å². The summed E-state index contributed by atoms with van der Waals surface area (Å²) in [5.41, 5.74) is 8.97. The van der Waals surface area contributed by atoms with E-state index in [1.807, 2.05) is 18.2 Å². The van der Waals surface area contributed by atoms with E-state index in [9.17, 15) is 0 Å². The van der Waals surface area contributed by atoms with Crippen LogP contribution in [0, 0.1) is 5.41 Å². The lowest BCUT2D eigenvalue weighted by atomic mass is 10.1. The summed E-state index contributed by atoms with van der Waals surface area (Å²) < 4.78 is 0. The molecule has 1 aliphatic rings. The number of benzene rings is 2. The first-order chi connectivity index (χ1) is 10.7. The third-order valence-electron chi connectivity index (χ3n) is 4.20. The molecule has 3 rings (SSSR count). The lowest BCUT2D eigenvalue weighted by Crippen LogP contribution is -2.46. The maximum Gasteiger partial charge on any atom is 0.123 e. The summed E-state index contributed by atoms with van der Waals surface area (Å²) in [7, 11) is 0. The van der Waals surface area contributed by atoms with Crippen molar-refractivity contribution in [3.05, 3.63) is 65.7 Å². The van der Waals surface area contributed by atoms with Crippen molar-refractivity contribution >= 4 is 11.5 Å². The molecule has 2 aromatic carbocycles. The quantitative estimate of drug-likeness (QED) is 0.672. The van der Waals surface area contributed by atoms with Crippen LogP contribution in [0.1, 0.15) is 11.1 Å². The Hall–Kier alpha value is -2.33. The zero-order valence-corrected chi connectivity index (χ0v) is 12.7. The third-order valence-corrected chi connectivity index (χ3v) is 4.20. The van der Waals surface area contributed by atoms with Crippen molar-refractivity contribution in [3.8, 4) is 0 Å². The molecule has 1 fully saturated rings. The number of hydrogen-bond donors (Lipinski definition) is 2. The van der Waals surface area contributed by atoms with Crippen LogP contribution in [0.3, 0.4) is 0 Å². The maximum atomic E-state index is 7.69. The van der Waals surface area contributed by atoms with Crippen molar-refractivity contribution in [2.24, 2.45) is 5.73 Å². The molecule has 0 radical (unpaired) electrons. The predicted octanol–water partition coefficient (Wildman–Crippen LogP) is 2.29. The van der Waals surface area contributed by atoms with Gasteiger partial charge in [0.15, 0.2) is 0 Å². The van der Waals surface area contributed by atoms with E-state index in [0.717, 1.165) is 43.9 Å². The molecule has 3 N–H and O–H groups in total. The smallest absolute Gasteiger partial charge is 0.123 e. The van der Waals surface area contributed by atoms with Gasteiger partial charge >= 0.3 is 0 Å². The lowest BCUT2D eigenvalue weighted by Gasteiger charge is -2.36. The molecule has 1 heterocycles. The lowest BCUT2D eigenvalue weighted by molar-refractivity contribution is 0.250. The summed E-state index contributed by atoms with van der Waals surface area (Å²) in [5.74, 6) is 0.151. The summed E-state index contributed by atoms with van der Waals surface area (Å²) >= 11 is 0. The fourth-order valence-corrected chi connectivity index (χ4v) is 2.96. The van der Waals surface area contributed by atoms with Crippen LogP contribution in [-0.2, 0) is 6.54 Å². The highest BCUT2D eigenvalue weighted by Crippen LogP contribution is 2.17. The van der Waals surface area contributed by atoms with Crippen LogP contribution in [0.25, 0.3) is 0 Å². The molecular weight excluding hydrogens is 272 g/mol. The number of rotatable bonds is 4. The molecule has 0 aromatic heterocycles. The monoisotopic (exact) mass is 294 g/mol. The Morgan fingerprint density at radius 2 is 1.55 bits per heavy atom. The summed E-state index contributed by atoms with van der Waals surface area (Å²) in [4.78, 5) is 4.86. The fourth-order valence-electron chi connectivity index (χ4n) is 2.96. The van der Waals surface area contributed by atoms with Crippen molar-refractivity contribution < 1.29 is 0 Å². The van der Waals surface area contributed by atoms with Crippen molar-refractivity contribution in [3.63, 3.8) is 0 Å². The fraction of sp³-hybridized carbons (Fsp3) is 0.278. The number of nitrogens with two attached hydrogens (primary N) is 1. The Kier molecular flexibility index (Phi) is 4.39. The van der Waals surface area contributed by atoms with Gasteiger partial charge in [-0.1, -0.05) is 42.5 Å². The Balaban J connectivity index is 1.62. The first kappa shape index (κ1) is 14.6. The summed E-state index contributed by atoms with van der Waals surface area (Å²) in [6, 6.07) is 18.5. The standard InChI is InChI=1S/C18H22N4/c19-18(20)17-9-5-4-6-15(17)14-21-10-12-22(13-11-21)16-7-2-1-3-8-16/h1-9H,10-14H2,(H3,19,20). The molecule has 0 bridgehead atoms. The van der Waals surface area contributed by atoms with E-state index in [0.29, 0.717) is 0 Å². The van der Waals surface area contributed by atoms with Gasteiger partial charge in [0, 0.05) is 44.0 Å². The average Bonchev–Trinajstić information content (AvgIpc) is 2.57. The first-order valence-corrected chi connectivity index (χ1v) is 7.69. The third kappa shape index (κ3) is 3.28. The molecule has 0 aliphatic carbocycles. The van der Waals surface area contributed by atoms with E-state index in [2.05, 4.69) is 46.2 Å². The molecule has 2 aromatic rings. The zero-order chi connectivity index (χ0) is 15.4. The van der Waals surface area contributed by atoms with Crippen LogP contribution in [0.15, 0.2) is 54.6 Å². The average molecular weight is 294 g/mol. The number of amidine groups is 1. The highest BCUT2D eigenvalue weighted by atomic mass is 15.3. The Labute approximate surface area is 131 Å². The topological polar surface area (TPSA) is 56.4 Å². The van der Waals surface area contributed by atoms with Gasteiger partial charge in [-0.05, 0) is 17.7 Å². The second-order valence-electron chi connectivity index (χ2n) is 5.67. The van der Waals surface area contributed by atoms with E-state index in [1.165, 1.54) is 5.69 Å². The largest absolute Gasteiger partial charge is 0.384 e. The van der Waals surface area contributed by atoms with Crippen molar-refractivity contribution in [2.45, 2.75) is 6.54 Å². The molecule has 4 heteroatoms. The molecule has 0 atom stereocenters. The van der Waals surface area contributed by atoms with E-state index in [-0.39, 0.29) is 5.84 Å². The Morgan fingerprint density at radius 1 is 0.909 bits per heavy atom. The number of anilines is 1. The minimum Gasteiger partial charge on any atom is -0.384 e. The van der Waals surface area contributed by atoms with Gasteiger partial charge in [-0.15, -0.1) is 0 Å². The van der Waals surface area contributed by atoms with Crippen LogP contribution >= 0.6 is 0 Å². The Morgan fingerprint density at radius 3 is 2.23 bits per heavy atom. The minimum absolute atomic E-state index is 0.151. The molecule has 0 unspecified atom stereocenters. The molecule has 4 nitrogen and oxygen atoms in total. The van der Waals surface area contributed by atoms with Crippen molar-refractivity contribution in [1.29, 1.82) is 5.41 Å². The SMILES string of the molecule is N=C(N)c1ccccc1CN1CCN(c2ccccc2)CC1. The summed E-state index contributed by atoms with van der Waals surface area (Å²) in [6.45, 7) is 4.99. The molecule has 114 valence electrons. The molecule has 0 saturated carbocycles. The number of nitrogens with one attached hydrogen (secondary N) is 1. The van der Waals surface area contributed by atoms with Gasteiger partial charge in [-0.2, -0.15) is 0 Å². The molecule has 0 amide bonds. The van der Waals surface area contributed by atoms with Gasteiger partial charge in [0.25, 0.3) is 0 Å². The van der Waals surface area contributed by atoms with E-state index in [4.69, 9.17) is 11.1 Å². The van der Waals surface area contributed by atoms with E-state index >= 15 is 0 Å². The molecule has 1 saturated heterocycles. The molecule has 22 heavy (non-hydrogen) atoms. The maximum absolute atomic E-state index is 7.69. The highest BCUT2D eigenvalue weighted by Gasteiger charge is 2.18. The van der Waals surface area contributed by atoms with Crippen molar-refractivity contribution in [1.82, 2.24) is 4.90 Å². The number of hydrogen-bond acceptors (Lipinski definition) is 3. The summed E-state index contributed by atoms with van der Waals surface area (Å²) in [6.07, 6.45) is 0. The number of piperazine rings is 1. The van der Waals surface area contributed by atoms with Gasteiger partial charge in [0.2, 0.25) is 0 Å². The zero-order valence-electron chi connectivity index (χ0n) is 12.7. The Bertz CT molecular complexity index is 631. The van der Waals surface area contributed by atoms with E-state index in [1.54, 1.807) is 0 Å². The van der Waals surface area contributed by atoms with Crippen LogP contribution in [0.5, 0.6) is 0 Å². The molecule has 1 aliphatic heterocycles. The first-order valence-electron chi connectivity index (χ1n) is 7.69. The number of para-hydroxylation sites is 1. The molecule has 0 spiro atoms. The van der Waals surface area contributed by atoms with E-state index < -0.39 is 0 Å². The van der Waals surface area contributed by atoms with Crippen molar-refractivity contribution in [2.75, 3.05) is 31.1 Å². The highest BCUT2D eigenvalue weighted by molar-refractivity contribution is 5.96. The predicted molar refractivity (Wildman–Crippen MR) is 91.4 cm³/mol. The van der Waals surface area contributed by atoms with Gasteiger partial charge in [0.1, 0.15) is 5.84 Å². The normalized spacial score (nSPS) is 15.7. The van der Waals surface area contributed by atoms with Crippen LogP contribution in [0.2, 0.25) is 0 Å². The second-order valence-corrected chi connectivity index (χ2v) is 5.67.